The maximum atomic E-state index is 12.8. The molecule has 6 nitrogen and oxygen atoms in total. The highest BCUT2D eigenvalue weighted by Gasteiger charge is 2.36. The Morgan fingerprint density at radius 1 is 0.750 bits per heavy atom. The summed E-state index contributed by atoms with van der Waals surface area (Å²) in [6, 6.07) is -0.0924. The third kappa shape index (κ3) is 6.42. The van der Waals surface area contributed by atoms with Gasteiger partial charge in [-0.2, -0.15) is 0 Å². The third-order valence-electron chi connectivity index (χ3n) is 5.68. The predicted molar refractivity (Wildman–Crippen MR) is 109 cm³/mol. The molecule has 0 aromatic rings. The Hall–Kier alpha value is -1.72. The minimum Gasteiger partial charge on any atom is -0.280 e. The smallest absolute Gasteiger partial charge is 0.230 e. The number of carbonyl (C=O) groups is 4. The molecule has 1 rings (SSSR count). The van der Waals surface area contributed by atoms with Crippen LogP contribution in [0.1, 0.15) is 93.9 Å². The van der Waals surface area contributed by atoms with E-state index in [-0.39, 0.29) is 47.9 Å². The van der Waals surface area contributed by atoms with Crippen LogP contribution in [0.2, 0.25) is 0 Å². The number of amides is 4. The monoisotopic (exact) mass is 394 g/mol. The van der Waals surface area contributed by atoms with E-state index in [1.807, 2.05) is 0 Å². The SMILES string of the molecule is CC(=O)N(C(=O)CCC(=O)N(C(C)=O)C(C)(C)C)C1CCC(C(C)(C)C)CC1. The molecular weight excluding hydrogens is 356 g/mol. The van der Waals surface area contributed by atoms with Crippen molar-refractivity contribution in [3.05, 3.63) is 0 Å². The van der Waals surface area contributed by atoms with Gasteiger partial charge in [-0.25, -0.2) is 0 Å². The number of hydrogen-bond donors (Lipinski definition) is 0. The van der Waals surface area contributed by atoms with Crippen molar-refractivity contribution in [2.75, 3.05) is 0 Å². The van der Waals surface area contributed by atoms with Crippen molar-refractivity contribution < 1.29 is 19.2 Å². The predicted octanol–water partition coefficient (Wildman–Crippen LogP) is 3.92. The van der Waals surface area contributed by atoms with Crippen LogP contribution in [0.4, 0.5) is 0 Å². The molecule has 0 bridgehead atoms. The summed E-state index contributed by atoms with van der Waals surface area (Å²) in [6.07, 6.45) is 3.47. The molecule has 0 spiro atoms. The van der Waals surface area contributed by atoms with Crippen LogP contribution >= 0.6 is 0 Å². The van der Waals surface area contributed by atoms with Crippen molar-refractivity contribution in [2.45, 2.75) is 105 Å². The highest BCUT2D eigenvalue weighted by atomic mass is 16.2. The zero-order chi connectivity index (χ0) is 21.9. The van der Waals surface area contributed by atoms with Crippen LogP contribution < -0.4 is 0 Å². The summed E-state index contributed by atoms with van der Waals surface area (Å²) in [6.45, 7) is 14.8. The van der Waals surface area contributed by atoms with E-state index in [1.165, 1.54) is 23.6 Å². The fourth-order valence-electron chi connectivity index (χ4n) is 4.30. The van der Waals surface area contributed by atoms with Gasteiger partial charge in [0.1, 0.15) is 0 Å². The first-order valence-electron chi connectivity index (χ1n) is 10.3. The highest BCUT2D eigenvalue weighted by Crippen LogP contribution is 2.39. The summed E-state index contributed by atoms with van der Waals surface area (Å²) in [5.74, 6) is -0.722. The van der Waals surface area contributed by atoms with E-state index < -0.39 is 5.54 Å². The zero-order valence-electron chi connectivity index (χ0n) is 18.9. The Balaban J connectivity index is 2.75. The Bertz CT molecular complexity index is 605. The van der Waals surface area contributed by atoms with Crippen LogP contribution in [0.25, 0.3) is 0 Å². The second-order valence-corrected chi connectivity index (χ2v) is 10.1. The van der Waals surface area contributed by atoms with Gasteiger partial charge in [0.15, 0.2) is 0 Å². The van der Waals surface area contributed by atoms with E-state index in [1.54, 1.807) is 20.8 Å². The molecule has 4 amide bonds. The molecule has 0 unspecified atom stereocenters. The first-order valence-corrected chi connectivity index (χ1v) is 10.3. The normalized spacial score (nSPS) is 20.4. The summed E-state index contributed by atoms with van der Waals surface area (Å²) in [7, 11) is 0. The first-order chi connectivity index (χ1) is 12.7. The van der Waals surface area contributed by atoms with Crippen LogP contribution in [0.5, 0.6) is 0 Å². The van der Waals surface area contributed by atoms with Crippen LogP contribution in [0.15, 0.2) is 0 Å². The lowest BCUT2D eigenvalue weighted by molar-refractivity contribution is -0.153. The molecule has 0 aromatic carbocycles. The molecule has 0 aromatic heterocycles. The number of nitrogens with zero attached hydrogens (tertiary/aromatic N) is 2. The number of rotatable bonds is 4. The Morgan fingerprint density at radius 3 is 1.57 bits per heavy atom. The molecule has 1 aliphatic carbocycles. The molecule has 0 radical (unpaired) electrons. The molecule has 0 N–H and O–H groups in total. The summed E-state index contributed by atoms with van der Waals surface area (Å²) in [4.78, 5) is 51.8. The lowest BCUT2D eigenvalue weighted by Crippen LogP contribution is -2.49. The number of imide groups is 2. The molecule has 0 atom stereocenters. The van der Waals surface area contributed by atoms with E-state index >= 15 is 0 Å². The van der Waals surface area contributed by atoms with E-state index in [4.69, 9.17) is 0 Å². The van der Waals surface area contributed by atoms with Gasteiger partial charge in [-0.1, -0.05) is 20.8 Å². The van der Waals surface area contributed by atoms with Crippen LogP contribution in [0.3, 0.4) is 0 Å². The lowest BCUT2D eigenvalue weighted by Gasteiger charge is -2.40. The fraction of sp³-hybridized carbons (Fsp3) is 0.818. The molecule has 0 saturated heterocycles. The highest BCUT2D eigenvalue weighted by molar-refractivity contribution is 5.99. The van der Waals surface area contributed by atoms with Crippen molar-refractivity contribution in [3.63, 3.8) is 0 Å². The van der Waals surface area contributed by atoms with E-state index in [2.05, 4.69) is 20.8 Å². The van der Waals surface area contributed by atoms with E-state index in [9.17, 15) is 19.2 Å². The minimum absolute atomic E-state index is 0.0581. The molecule has 0 aliphatic heterocycles. The van der Waals surface area contributed by atoms with Crippen molar-refractivity contribution in [1.82, 2.24) is 9.80 Å². The van der Waals surface area contributed by atoms with Crippen molar-refractivity contribution >= 4 is 23.6 Å². The van der Waals surface area contributed by atoms with Crippen molar-refractivity contribution in [3.8, 4) is 0 Å². The Morgan fingerprint density at radius 2 is 1.21 bits per heavy atom. The average molecular weight is 395 g/mol. The Kier molecular flexibility index (Phi) is 7.98. The van der Waals surface area contributed by atoms with Crippen LogP contribution in [-0.2, 0) is 19.2 Å². The molecule has 160 valence electrons. The van der Waals surface area contributed by atoms with Crippen molar-refractivity contribution in [2.24, 2.45) is 11.3 Å². The van der Waals surface area contributed by atoms with Gasteiger partial charge in [-0.3, -0.25) is 29.0 Å². The quantitative estimate of drug-likeness (QED) is 0.724. The van der Waals surface area contributed by atoms with Gasteiger partial charge in [0.05, 0.1) is 0 Å². The molecule has 1 fully saturated rings. The average Bonchev–Trinajstić information content (AvgIpc) is 2.50. The summed E-state index contributed by atoms with van der Waals surface area (Å²) in [5.41, 5.74) is -0.414. The number of hydrogen-bond acceptors (Lipinski definition) is 4. The minimum atomic E-state index is -0.641. The topological polar surface area (TPSA) is 74.8 Å². The molecule has 28 heavy (non-hydrogen) atoms. The standard InChI is InChI=1S/C22H38N2O4/c1-15(25)23(18-11-9-17(10-12-18)21(3,4)5)19(27)13-14-20(28)24(16(2)26)22(6,7)8/h17-18H,9-14H2,1-8H3. The zero-order valence-corrected chi connectivity index (χ0v) is 18.9. The number of carbonyl (C=O) groups excluding carboxylic acids is 4. The maximum absolute atomic E-state index is 12.8. The van der Waals surface area contributed by atoms with Crippen LogP contribution in [-0.4, -0.2) is 45.0 Å². The Labute approximate surface area is 170 Å². The lowest BCUT2D eigenvalue weighted by atomic mass is 9.71. The second-order valence-electron chi connectivity index (χ2n) is 10.1. The van der Waals surface area contributed by atoms with E-state index in [0.717, 1.165) is 25.7 Å². The fourth-order valence-corrected chi connectivity index (χ4v) is 4.30. The molecule has 1 saturated carbocycles. The molecule has 0 heterocycles. The summed E-state index contributed by atoms with van der Waals surface area (Å²) < 4.78 is 0. The van der Waals surface area contributed by atoms with Gasteiger partial charge in [0.25, 0.3) is 0 Å². The summed E-state index contributed by atoms with van der Waals surface area (Å²) >= 11 is 0. The largest absolute Gasteiger partial charge is 0.280 e. The second kappa shape index (κ2) is 9.19. The summed E-state index contributed by atoms with van der Waals surface area (Å²) in [5, 5.41) is 0. The van der Waals surface area contributed by atoms with Gasteiger partial charge >= 0.3 is 0 Å². The van der Waals surface area contributed by atoms with Gasteiger partial charge in [-0.15, -0.1) is 0 Å². The van der Waals surface area contributed by atoms with E-state index in [0.29, 0.717) is 5.92 Å². The molecular formula is C22H38N2O4. The van der Waals surface area contributed by atoms with Gasteiger partial charge in [0.2, 0.25) is 23.6 Å². The molecule has 1 aliphatic rings. The first kappa shape index (κ1) is 24.3. The van der Waals surface area contributed by atoms with Crippen molar-refractivity contribution in [1.29, 1.82) is 0 Å². The van der Waals surface area contributed by atoms with Crippen LogP contribution in [0, 0.1) is 11.3 Å². The van der Waals surface area contributed by atoms with Gasteiger partial charge in [0, 0.05) is 38.3 Å². The maximum Gasteiger partial charge on any atom is 0.230 e. The third-order valence-corrected chi connectivity index (χ3v) is 5.68. The van der Waals surface area contributed by atoms with Gasteiger partial charge < -0.3 is 0 Å². The van der Waals surface area contributed by atoms with Gasteiger partial charge in [-0.05, 0) is 57.8 Å². The molecule has 6 heteroatoms.